The lowest BCUT2D eigenvalue weighted by Gasteiger charge is -2.05. The fraction of sp³-hybridized carbons (Fsp3) is 0. The number of nitrogens with one attached hydrogen (secondary N) is 1. The van der Waals surface area contributed by atoms with E-state index in [1.165, 1.54) is 18.3 Å². The minimum atomic E-state index is -0.502. The summed E-state index contributed by atoms with van der Waals surface area (Å²) in [5, 5.41) is 15.0. The lowest BCUT2D eigenvalue weighted by molar-refractivity contribution is -0.384. The summed E-state index contributed by atoms with van der Waals surface area (Å²) < 4.78 is 1.96. The number of nitro groups is 1. The molecule has 0 aliphatic carbocycles. The molecule has 0 bridgehead atoms. The first-order valence-corrected chi connectivity index (χ1v) is 6.87. The van der Waals surface area contributed by atoms with Crippen LogP contribution in [0.15, 0.2) is 72.1 Å². The van der Waals surface area contributed by atoms with Crippen molar-refractivity contribution in [1.29, 1.82) is 0 Å². The zero-order valence-electron chi connectivity index (χ0n) is 12.0. The molecule has 7 nitrogen and oxygen atoms in total. The van der Waals surface area contributed by atoms with Gasteiger partial charge in [0, 0.05) is 24.1 Å². The molecule has 0 atom stereocenters. The highest BCUT2D eigenvalue weighted by molar-refractivity contribution is 5.79. The SMILES string of the molecule is O=[N+]([O-])c1cccnc1N/N=C\c1cccn1-c1ccccc1. The van der Waals surface area contributed by atoms with Gasteiger partial charge in [0.05, 0.1) is 16.8 Å². The van der Waals surface area contributed by atoms with Crippen LogP contribution in [0, 0.1) is 10.1 Å². The van der Waals surface area contributed by atoms with Gasteiger partial charge in [0.2, 0.25) is 5.82 Å². The summed E-state index contributed by atoms with van der Waals surface area (Å²) in [6, 6.07) is 16.5. The van der Waals surface area contributed by atoms with Crippen LogP contribution >= 0.6 is 0 Å². The van der Waals surface area contributed by atoms with Crippen LogP contribution in [0.3, 0.4) is 0 Å². The summed E-state index contributed by atoms with van der Waals surface area (Å²) in [5.74, 6) is 0.103. The Morgan fingerprint density at radius 3 is 2.74 bits per heavy atom. The monoisotopic (exact) mass is 307 g/mol. The van der Waals surface area contributed by atoms with Gasteiger partial charge in [-0.3, -0.25) is 15.5 Å². The quantitative estimate of drug-likeness (QED) is 0.445. The molecule has 0 aliphatic rings. The Morgan fingerprint density at radius 2 is 1.96 bits per heavy atom. The molecule has 23 heavy (non-hydrogen) atoms. The number of anilines is 1. The Labute approximate surface area is 132 Å². The van der Waals surface area contributed by atoms with Gasteiger partial charge < -0.3 is 4.57 Å². The van der Waals surface area contributed by atoms with Crippen LogP contribution in [0.25, 0.3) is 5.69 Å². The van der Waals surface area contributed by atoms with E-state index in [9.17, 15) is 10.1 Å². The highest BCUT2D eigenvalue weighted by Crippen LogP contribution is 2.20. The molecule has 0 fully saturated rings. The topological polar surface area (TPSA) is 85.3 Å². The Bertz CT molecular complexity index is 842. The number of benzene rings is 1. The lowest BCUT2D eigenvalue weighted by Crippen LogP contribution is -2.01. The molecular formula is C16H13N5O2. The van der Waals surface area contributed by atoms with Crippen molar-refractivity contribution in [2.24, 2.45) is 5.10 Å². The number of hydrogen-bond donors (Lipinski definition) is 1. The van der Waals surface area contributed by atoms with E-state index < -0.39 is 4.92 Å². The molecule has 3 aromatic rings. The normalized spacial score (nSPS) is 10.8. The molecule has 0 unspecified atom stereocenters. The molecular weight excluding hydrogens is 294 g/mol. The fourth-order valence-corrected chi connectivity index (χ4v) is 2.11. The Kier molecular flexibility index (Phi) is 4.10. The largest absolute Gasteiger partial charge is 0.316 e. The molecule has 2 heterocycles. The van der Waals surface area contributed by atoms with E-state index in [4.69, 9.17) is 0 Å². The van der Waals surface area contributed by atoms with Crippen molar-refractivity contribution in [3.8, 4) is 5.69 Å². The molecule has 0 saturated heterocycles. The van der Waals surface area contributed by atoms with Gasteiger partial charge in [-0.15, -0.1) is 0 Å². The molecule has 1 aromatic carbocycles. The highest BCUT2D eigenvalue weighted by Gasteiger charge is 2.12. The average molecular weight is 307 g/mol. The van der Waals surface area contributed by atoms with Gasteiger partial charge in [-0.05, 0) is 30.3 Å². The summed E-state index contributed by atoms with van der Waals surface area (Å²) in [7, 11) is 0. The minimum absolute atomic E-state index is 0.103. The summed E-state index contributed by atoms with van der Waals surface area (Å²) in [6.45, 7) is 0. The third-order valence-corrected chi connectivity index (χ3v) is 3.17. The second-order valence-corrected chi connectivity index (χ2v) is 4.64. The first kappa shape index (κ1) is 14.5. The summed E-state index contributed by atoms with van der Waals surface area (Å²) in [5.41, 5.74) is 4.33. The van der Waals surface area contributed by atoms with Gasteiger partial charge in [-0.25, -0.2) is 4.98 Å². The van der Waals surface area contributed by atoms with Gasteiger partial charge in [0.25, 0.3) is 0 Å². The number of nitrogens with zero attached hydrogens (tertiary/aromatic N) is 4. The average Bonchev–Trinajstić information content (AvgIpc) is 3.04. The zero-order chi connectivity index (χ0) is 16.1. The number of para-hydroxylation sites is 1. The van der Waals surface area contributed by atoms with Gasteiger partial charge in [0.1, 0.15) is 0 Å². The van der Waals surface area contributed by atoms with Crippen LogP contribution < -0.4 is 5.43 Å². The van der Waals surface area contributed by atoms with Crippen LogP contribution in [0.2, 0.25) is 0 Å². The molecule has 114 valence electrons. The Hall–Kier alpha value is -3.48. The predicted octanol–water partition coefficient (Wildman–Crippen LogP) is 3.23. The van der Waals surface area contributed by atoms with Crippen molar-refractivity contribution in [3.63, 3.8) is 0 Å². The molecule has 0 saturated carbocycles. The van der Waals surface area contributed by atoms with Crippen LogP contribution in [-0.2, 0) is 0 Å². The maximum absolute atomic E-state index is 10.9. The first-order valence-electron chi connectivity index (χ1n) is 6.87. The van der Waals surface area contributed by atoms with E-state index in [-0.39, 0.29) is 11.5 Å². The van der Waals surface area contributed by atoms with Crippen molar-refractivity contribution in [1.82, 2.24) is 9.55 Å². The number of pyridine rings is 1. The van der Waals surface area contributed by atoms with Crippen LogP contribution in [0.4, 0.5) is 11.5 Å². The molecule has 7 heteroatoms. The Morgan fingerprint density at radius 1 is 1.13 bits per heavy atom. The molecule has 3 rings (SSSR count). The van der Waals surface area contributed by atoms with Crippen molar-refractivity contribution in [3.05, 3.63) is 82.8 Å². The van der Waals surface area contributed by atoms with E-state index in [0.29, 0.717) is 0 Å². The Balaban J connectivity index is 1.81. The summed E-state index contributed by atoms with van der Waals surface area (Å²) in [6.07, 6.45) is 4.98. The molecule has 0 amide bonds. The maximum Gasteiger partial charge on any atom is 0.313 e. The van der Waals surface area contributed by atoms with Gasteiger partial charge in [0.15, 0.2) is 0 Å². The van der Waals surface area contributed by atoms with Crippen LogP contribution in [0.1, 0.15) is 5.69 Å². The fourth-order valence-electron chi connectivity index (χ4n) is 2.11. The highest BCUT2D eigenvalue weighted by atomic mass is 16.6. The number of hydrogen-bond acceptors (Lipinski definition) is 5. The molecule has 2 aromatic heterocycles. The van der Waals surface area contributed by atoms with Gasteiger partial charge in [-0.2, -0.15) is 5.10 Å². The zero-order valence-corrected chi connectivity index (χ0v) is 12.0. The van der Waals surface area contributed by atoms with E-state index in [0.717, 1.165) is 11.4 Å². The number of hydrazone groups is 1. The number of rotatable bonds is 5. The van der Waals surface area contributed by atoms with Crippen LogP contribution in [-0.4, -0.2) is 20.7 Å². The molecule has 0 radical (unpaired) electrons. The second kappa shape index (κ2) is 6.52. The second-order valence-electron chi connectivity index (χ2n) is 4.64. The lowest BCUT2D eigenvalue weighted by atomic mass is 10.3. The summed E-state index contributed by atoms with van der Waals surface area (Å²) >= 11 is 0. The maximum atomic E-state index is 10.9. The summed E-state index contributed by atoms with van der Waals surface area (Å²) in [4.78, 5) is 14.3. The number of aromatic nitrogens is 2. The van der Waals surface area contributed by atoms with Gasteiger partial charge >= 0.3 is 5.69 Å². The van der Waals surface area contributed by atoms with E-state index in [1.54, 1.807) is 6.21 Å². The molecule has 0 spiro atoms. The predicted molar refractivity (Wildman–Crippen MR) is 87.9 cm³/mol. The smallest absolute Gasteiger partial charge is 0.313 e. The van der Waals surface area contributed by atoms with E-state index in [2.05, 4.69) is 15.5 Å². The van der Waals surface area contributed by atoms with Crippen LogP contribution in [0.5, 0.6) is 0 Å². The minimum Gasteiger partial charge on any atom is -0.316 e. The van der Waals surface area contributed by atoms with Gasteiger partial charge in [-0.1, -0.05) is 18.2 Å². The van der Waals surface area contributed by atoms with Crippen molar-refractivity contribution < 1.29 is 4.92 Å². The van der Waals surface area contributed by atoms with Crippen molar-refractivity contribution >= 4 is 17.7 Å². The third kappa shape index (κ3) is 3.24. The van der Waals surface area contributed by atoms with E-state index >= 15 is 0 Å². The molecule has 0 aliphatic heterocycles. The third-order valence-electron chi connectivity index (χ3n) is 3.17. The van der Waals surface area contributed by atoms with Crippen molar-refractivity contribution in [2.75, 3.05) is 5.43 Å². The molecule has 1 N–H and O–H groups in total. The standard InChI is InChI=1S/C16H13N5O2/c22-21(23)15-9-4-10-17-16(15)19-18-12-14-8-5-11-20(14)13-6-2-1-3-7-13/h1-12H,(H,17,19)/b18-12-. The van der Waals surface area contributed by atoms with E-state index in [1.807, 2.05) is 53.2 Å². The van der Waals surface area contributed by atoms with Crippen molar-refractivity contribution in [2.45, 2.75) is 0 Å². The first-order chi connectivity index (χ1) is 11.3.